The standard InChI is InChI=1S/C18H20ClN3O/c1-20-11-10-18-21-16-4-2-3-5-17(16)22(18)12-13-23-15-8-6-14(19)7-9-15/h2-9,20H,10-13H2,1H3. The first-order valence-electron chi connectivity index (χ1n) is 7.75. The summed E-state index contributed by atoms with van der Waals surface area (Å²) in [6.45, 7) is 2.26. The van der Waals surface area contributed by atoms with E-state index in [4.69, 9.17) is 21.3 Å². The maximum atomic E-state index is 5.89. The molecule has 120 valence electrons. The van der Waals surface area contributed by atoms with Gasteiger partial charge in [-0.2, -0.15) is 0 Å². The smallest absolute Gasteiger partial charge is 0.119 e. The van der Waals surface area contributed by atoms with E-state index in [2.05, 4.69) is 22.0 Å². The number of rotatable bonds is 7. The molecule has 1 heterocycles. The highest BCUT2D eigenvalue weighted by Crippen LogP contribution is 2.18. The summed E-state index contributed by atoms with van der Waals surface area (Å²) in [5, 5.41) is 3.89. The molecule has 3 rings (SSSR count). The third-order valence-corrected chi connectivity index (χ3v) is 3.98. The third kappa shape index (κ3) is 3.84. The molecule has 0 bridgehead atoms. The molecule has 0 unspecified atom stereocenters. The minimum Gasteiger partial charge on any atom is -0.492 e. The minimum atomic E-state index is 0.592. The van der Waals surface area contributed by atoms with Gasteiger partial charge in [0.15, 0.2) is 0 Å². The molecular weight excluding hydrogens is 310 g/mol. The second-order valence-corrected chi connectivity index (χ2v) is 5.76. The number of para-hydroxylation sites is 2. The monoisotopic (exact) mass is 329 g/mol. The van der Waals surface area contributed by atoms with Gasteiger partial charge in [-0.15, -0.1) is 0 Å². The highest BCUT2D eigenvalue weighted by molar-refractivity contribution is 6.30. The van der Waals surface area contributed by atoms with Crippen LogP contribution in [0.5, 0.6) is 5.75 Å². The lowest BCUT2D eigenvalue weighted by atomic mass is 10.3. The average molecular weight is 330 g/mol. The molecule has 5 heteroatoms. The number of nitrogens with one attached hydrogen (secondary N) is 1. The fourth-order valence-electron chi connectivity index (χ4n) is 2.59. The number of likely N-dealkylation sites (N-methyl/N-ethyl adjacent to an activating group) is 1. The molecule has 3 aromatic rings. The van der Waals surface area contributed by atoms with E-state index in [1.807, 2.05) is 43.4 Å². The normalized spacial score (nSPS) is 11.0. The zero-order valence-electron chi connectivity index (χ0n) is 13.1. The van der Waals surface area contributed by atoms with Crippen molar-refractivity contribution in [2.75, 3.05) is 20.2 Å². The van der Waals surface area contributed by atoms with Crippen molar-refractivity contribution in [1.82, 2.24) is 14.9 Å². The van der Waals surface area contributed by atoms with E-state index in [9.17, 15) is 0 Å². The first-order valence-corrected chi connectivity index (χ1v) is 8.13. The quantitative estimate of drug-likeness (QED) is 0.720. The highest BCUT2D eigenvalue weighted by atomic mass is 35.5. The fraction of sp³-hybridized carbons (Fsp3) is 0.278. The average Bonchev–Trinajstić information content (AvgIpc) is 2.93. The summed E-state index contributed by atoms with van der Waals surface area (Å²) in [5.74, 6) is 1.91. The third-order valence-electron chi connectivity index (χ3n) is 3.73. The van der Waals surface area contributed by atoms with E-state index in [0.717, 1.165) is 42.1 Å². The van der Waals surface area contributed by atoms with Gasteiger partial charge < -0.3 is 14.6 Å². The lowest BCUT2D eigenvalue weighted by Crippen LogP contribution is -2.16. The summed E-state index contributed by atoms with van der Waals surface area (Å²) in [4.78, 5) is 4.74. The molecule has 2 aromatic carbocycles. The highest BCUT2D eigenvalue weighted by Gasteiger charge is 2.09. The van der Waals surface area contributed by atoms with Gasteiger partial charge in [-0.1, -0.05) is 23.7 Å². The van der Waals surface area contributed by atoms with Crippen LogP contribution in [-0.2, 0) is 13.0 Å². The number of imidazole rings is 1. The van der Waals surface area contributed by atoms with Gasteiger partial charge in [-0.05, 0) is 43.4 Å². The van der Waals surface area contributed by atoms with E-state index in [0.29, 0.717) is 11.6 Å². The fourth-order valence-corrected chi connectivity index (χ4v) is 2.71. The van der Waals surface area contributed by atoms with Crippen LogP contribution >= 0.6 is 11.6 Å². The SMILES string of the molecule is CNCCc1nc2ccccc2n1CCOc1ccc(Cl)cc1. The summed E-state index contributed by atoms with van der Waals surface area (Å²) >= 11 is 5.89. The molecule has 1 aromatic heterocycles. The van der Waals surface area contributed by atoms with Crippen molar-refractivity contribution in [3.05, 3.63) is 59.4 Å². The Morgan fingerprint density at radius 1 is 1.13 bits per heavy atom. The summed E-state index contributed by atoms with van der Waals surface area (Å²) in [6, 6.07) is 15.7. The molecule has 0 aliphatic carbocycles. The van der Waals surface area contributed by atoms with Crippen molar-refractivity contribution in [3.63, 3.8) is 0 Å². The molecular formula is C18H20ClN3O. The predicted molar refractivity (Wildman–Crippen MR) is 94.3 cm³/mol. The van der Waals surface area contributed by atoms with Gasteiger partial charge in [-0.3, -0.25) is 0 Å². The molecule has 0 aliphatic rings. The molecule has 0 fully saturated rings. The molecule has 0 radical (unpaired) electrons. The lowest BCUT2D eigenvalue weighted by molar-refractivity contribution is 0.298. The van der Waals surface area contributed by atoms with E-state index in [1.54, 1.807) is 0 Å². The molecule has 0 atom stereocenters. The summed E-state index contributed by atoms with van der Waals surface area (Å²) < 4.78 is 8.06. The number of hydrogen-bond donors (Lipinski definition) is 1. The molecule has 4 nitrogen and oxygen atoms in total. The zero-order chi connectivity index (χ0) is 16.1. The first-order chi connectivity index (χ1) is 11.3. The van der Waals surface area contributed by atoms with Crippen molar-refractivity contribution in [2.24, 2.45) is 0 Å². The van der Waals surface area contributed by atoms with Gasteiger partial charge >= 0.3 is 0 Å². The van der Waals surface area contributed by atoms with Crippen LogP contribution < -0.4 is 10.1 Å². The second-order valence-electron chi connectivity index (χ2n) is 5.32. The minimum absolute atomic E-state index is 0.592. The van der Waals surface area contributed by atoms with E-state index < -0.39 is 0 Å². The van der Waals surface area contributed by atoms with Crippen LogP contribution in [0.15, 0.2) is 48.5 Å². The maximum absolute atomic E-state index is 5.89. The molecule has 0 saturated carbocycles. The summed E-state index contributed by atoms with van der Waals surface area (Å²) in [5.41, 5.74) is 2.18. The van der Waals surface area contributed by atoms with Crippen molar-refractivity contribution in [3.8, 4) is 5.75 Å². The second kappa shape index (κ2) is 7.49. The van der Waals surface area contributed by atoms with Crippen LogP contribution in [0.2, 0.25) is 5.02 Å². The number of ether oxygens (including phenoxy) is 1. The Labute approximate surface area is 141 Å². The number of halogens is 1. The zero-order valence-corrected chi connectivity index (χ0v) is 13.9. The van der Waals surface area contributed by atoms with Gasteiger partial charge in [0.1, 0.15) is 18.2 Å². The Bertz CT molecular complexity index is 768. The van der Waals surface area contributed by atoms with Crippen LogP contribution in [0.4, 0.5) is 0 Å². The summed E-state index contributed by atoms with van der Waals surface area (Å²) in [7, 11) is 1.95. The van der Waals surface area contributed by atoms with Crippen LogP contribution in [-0.4, -0.2) is 29.8 Å². The van der Waals surface area contributed by atoms with Gasteiger partial charge in [0.05, 0.1) is 17.6 Å². The van der Waals surface area contributed by atoms with Crippen LogP contribution in [0.3, 0.4) is 0 Å². The van der Waals surface area contributed by atoms with Crippen molar-refractivity contribution in [2.45, 2.75) is 13.0 Å². The van der Waals surface area contributed by atoms with Crippen LogP contribution in [0.25, 0.3) is 11.0 Å². The van der Waals surface area contributed by atoms with Crippen molar-refractivity contribution in [1.29, 1.82) is 0 Å². The van der Waals surface area contributed by atoms with Gasteiger partial charge in [0.2, 0.25) is 0 Å². The van der Waals surface area contributed by atoms with E-state index in [-0.39, 0.29) is 0 Å². The number of aromatic nitrogens is 2. The van der Waals surface area contributed by atoms with E-state index in [1.165, 1.54) is 0 Å². The Morgan fingerprint density at radius 2 is 1.91 bits per heavy atom. The van der Waals surface area contributed by atoms with Crippen LogP contribution in [0.1, 0.15) is 5.82 Å². The Kier molecular flexibility index (Phi) is 5.16. The molecule has 1 N–H and O–H groups in total. The van der Waals surface area contributed by atoms with Crippen molar-refractivity contribution >= 4 is 22.6 Å². The molecule has 0 aliphatic heterocycles. The van der Waals surface area contributed by atoms with Gasteiger partial charge in [-0.25, -0.2) is 4.98 Å². The first kappa shape index (κ1) is 15.8. The summed E-state index contributed by atoms with van der Waals surface area (Å²) in [6.07, 6.45) is 0.895. The predicted octanol–water partition coefficient (Wildman–Crippen LogP) is 3.53. The van der Waals surface area contributed by atoms with Gasteiger partial charge in [0.25, 0.3) is 0 Å². The van der Waals surface area contributed by atoms with E-state index >= 15 is 0 Å². The van der Waals surface area contributed by atoms with Crippen molar-refractivity contribution < 1.29 is 4.74 Å². The molecule has 0 saturated heterocycles. The maximum Gasteiger partial charge on any atom is 0.119 e. The number of fused-ring (bicyclic) bond motifs is 1. The molecule has 0 amide bonds. The largest absolute Gasteiger partial charge is 0.492 e. The van der Waals surface area contributed by atoms with Gasteiger partial charge in [0, 0.05) is 18.0 Å². The van der Waals surface area contributed by atoms with Crippen LogP contribution in [0, 0.1) is 0 Å². The molecule has 23 heavy (non-hydrogen) atoms. The Hall–Kier alpha value is -2.04. The Morgan fingerprint density at radius 3 is 2.70 bits per heavy atom. The number of hydrogen-bond acceptors (Lipinski definition) is 3. The number of nitrogens with zero attached hydrogens (tertiary/aromatic N) is 2. The molecule has 0 spiro atoms. The number of benzene rings is 2. The lowest BCUT2D eigenvalue weighted by Gasteiger charge is -2.11. The Balaban J connectivity index is 1.73. The topological polar surface area (TPSA) is 39.1 Å².